The van der Waals surface area contributed by atoms with E-state index in [0.717, 1.165) is 17.7 Å². The molecular weight excluding hydrogens is 371 g/mol. The second-order valence-electron chi connectivity index (χ2n) is 6.22. The number of halogens is 3. The van der Waals surface area contributed by atoms with Crippen LogP contribution in [0.2, 0.25) is 0 Å². The first-order chi connectivity index (χ1) is 13.3. The molecule has 0 radical (unpaired) electrons. The SMILES string of the molecule is COc1ccc(-c2ccc(CCC(=O)O)n2-c2cccc(C(F)(F)F)c2)cc1. The molecule has 0 saturated carbocycles. The largest absolute Gasteiger partial charge is 0.497 e. The fourth-order valence-corrected chi connectivity index (χ4v) is 3.02. The lowest BCUT2D eigenvalue weighted by Gasteiger charge is -2.16. The van der Waals surface area contributed by atoms with Crippen molar-refractivity contribution >= 4 is 5.97 Å². The number of benzene rings is 2. The molecule has 0 atom stereocenters. The highest BCUT2D eigenvalue weighted by atomic mass is 19.4. The monoisotopic (exact) mass is 389 g/mol. The van der Waals surface area contributed by atoms with Crippen LogP contribution >= 0.6 is 0 Å². The van der Waals surface area contributed by atoms with Crippen molar-refractivity contribution < 1.29 is 27.8 Å². The standard InChI is InChI=1S/C21H18F3NO3/c1-28-18-9-5-14(6-10-18)19-11-7-16(8-12-20(26)27)25(19)17-4-2-3-15(13-17)21(22,23)24/h2-7,9-11,13H,8,12H2,1H3,(H,26,27). The van der Waals surface area contributed by atoms with Crippen molar-refractivity contribution in [2.75, 3.05) is 7.11 Å². The quantitative estimate of drug-likeness (QED) is 0.631. The topological polar surface area (TPSA) is 51.5 Å². The fraction of sp³-hybridized carbons (Fsp3) is 0.190. The second kappa shape index (κ2) is 7.80. The Bertz CT molecular complexity index is 975. The van der Waals surface area contributed by atoms with Crippen molar-refractivity contribution in [2.24, 2.45) is 0 Å². The molecule has 4 nitrogen and oxygen atoms in total. The van der Waals surface area contributed by atoms with E-state index in [1.54, 1.807) is 54.1 Å². The Hall–Kier alpha value is -3.22. The third-order valence-electron chi connectivity index (χ3n) is 4.37. The van der Waals surface area contributed by atoms with Gasteiger partial charge in [0.2, 0.25) is 0 Å². The van der Waals surface area contributed by atoms with Gasteiger partial charge in [0.1, 0.15) is 5.75 Å². The van der Waals surface area contributed by atoms with E-state index in [1.807, 2.05) is 0 Å². The second-order valence-corrected chi connectivity index (χ2v) is 6.22. The Morgan fingerprint density at radius 2 is 1.79 bits per heavy atom. The number of ether oxygens (including phenoxy) is 1. The first-order valence-corrected chi connectivity index (χ1v) is 8.54. The van der Waals surface area contributed by atoms with Gasteiger partial charge in [0.05, 0.1) is 24.8 Å². The molecule has 0 unspecified atom stereocenters. The Kier molecular flexibility index (Phi) is 5.44. The summed E-state index contributed by atoms with van der Waals surface area (Å²) in [7, 11) is 1.55. The summed E-state index contributed by atoms with van der Waals surface area (Å²) in [4.78, 5) is 11.0. The Labute approximate surface area is 159 Å². The van der Waals surface area contributed by atoms with Crippen molar-refractivity contribution in [1.29, 1.82) is 0 Å². The maximum Gasteiger partial charge on any atom is 0.416 e. The predicted molar refractivity (Wildman–Crippen MR) is 98.7 cm³/mol. The summed E-state index contributed by atoms with van der Waals surface area (Å²) in [5.41, 5.74) is 1.63. The minimum absolute atomic E-state index is 0.120. The molecule has 0 amide bonds. The summed E-state index contributed by atoms with van der Waals surface area (Å²) in [6.45, 7) is 0. The van der Waals surface area contributed by atoms with Crippen LogP contribution in [-0.2, 0) is 17.4 Å². The number of rotatable bonds is 6. The van der Waals surface area contributed by atoms with Gasteiger partial charge in [-0.2, -0.15) is 13.2 Å². The highest BCUT2D eigenvalue weighted by Crippen LogP contribution is 2.33. The first kappa shape index (κ1) is 19.5. The van der Waals surface area contributed by atoms with Crippen molar-refractivity contribution in [1.82, 2.24) is 4.57 Å². The summed E-state index contributed by atoms with van der Waals surface area (Å²) in [5.74, 6) is -0.310. The number of carbonyl (C=O) groups is 1. The van der Waals surface area contributed by atoms with Crippen molar-refractivity contribution in [2.45, 2.75) is 19.0 Å². The van der Waals surface area contributed by atoms with Crippen LogP contribution in [0, 0.1) is 0 Å². The number of hydrogen-bond acceptors (Lipinski definition) is 2. The van der Waals surface area contributed by atoms with E-state index in [9.17, 15) is 18.0 Å². The fourth-order valence-electron chi connectivity index (χ4n) is 3.02. The Morgan fingerprint density at radius 1 is 1.07 bits per heavy atom. The third kappa shape index (κ3) is 4.19. The number of alkyl halides is 3. The molecular formula is C21H18F3NO3. The van der Waals surface area contributed by atoms with Gasteiger partial charge in [-0.05, 0) is 66.6 Å². The molecule has 0 spiro atoms. The summed E-state index contributed by atoms with van der Waals surface area (Å²) >= 11 is 0. The molecule has 0 aliphatic carbocycles. The molecule has 28 heavy (non-hydrogen) atoms. The summed E-state index contributed by atoms with van der Waals surface area (Å²) in [5, 5.41) is 9.00. The molecule has 0 aliphatic rings. The van der Waals surface area contributed by atoms with Gasteiger partial charge in [-0.1, -0.05) is 6.07 Å². The lowest BCUT2D eigenvalue weighted by atomic mass is 10.1. The van der Waals surface area contributed by atoms with Gasteiger partial charge in [-0.25, -0.2) is 0 Å². The van der Waals surface area contributed by atoms with Crippen LogP contribution in [0.5, 0.6) is 5.75 Å². The number of aryl methyl sites for hydroxylation is 1. The van der Waals surface area contributed by atoms with Crippen LogP contribution in [0.15, 0.2) is 60.7 Å². The average Bonchev–Trinajstić information content (AvgIpc) is 3.10. The molecule has 2 aromatic carbocycles. The van der Waals surface area contributed by atoms with E-state index in [-0.39, 0.29) is 12.8 Å². The van der Waals surface area contributed by atoms with Crippen molar-refractivity contribution in [3.05, 3.63) is 71.9 Å². The van der Waals surface area contributed by atoms with E-state index < -0.39 is 17.7 Å². The van der Waals surface area contributed by atoms with Gasteiger partial charge < -0.3 is 14.4 Å². The molecule has 0 fully saturated rings. The molecule has 3 rings (SSSR count). The van der Waals surface area contributed by atoms with Crippen LogP contribution in [0.3, 0.4) is 0 Å². The van der Waals surface area contributed by atoms with Gasteiger partial charge >= 0.3 is 12.1 Å². The summed E-state index contributed by atoms with van der Waals surface area (Å²) < 4.78 is 46.3. The van der Waals surface area contributed by atoms with E-state index in [4.69, 9.17) is 9.84 Å². The zero-order valence-corrected chi connectivity index (χ0v) is 15.0. The Morgan fingerprint density at radius 3 is 2.39 bits per heavy atom. The van der Waals surface area contributed by atoms with Crippen LogP contribution < -0.4 is 4.74 Å². The Balaban J connectivity index is 2.13. The van der Waals surface area contributed by atoms with E-state index in [2.05, 4.69) is 0 Å². The molecule has 7 heteroatoms. The molecule has 146 valence electrons. The zero-order chi connectivity index (χ0) is 20.3. The maximum atomic E-state index is 13.2. The number of carboxylic acids is 1. The van der Waals surface area contributed by atoms with Gasteiger partial charge in [0.15, 0.2) is 0 Å². The molecule has 0 saturated heterocycles. The van der Waals surface area contributed by atoms with E-state index >= 15 is 0 Å². The number of hydrogen-bond donors (Lipinski definition) is 1. The smallest absolute Gasteiger partial charge is 0.416 e. The number of aromatic nitrogens is 1. The van der Waals surface area contributed by atoms with E-state index in [0.29, 0.717) is 22.8 Å². The zero-order valence-electron chi connectivity index (χ0n) is 15.0. The van der Waals surface area contributed by atoms with Crippen LogP contribution in [-0.4, -0.2) is 22.8 Å². The number of aliphatic carboxylic acids is 1. The van der Waals surface area contributed by atoms with Crippen molar-refractivity contribution in [3.63, 3.8) is 0 Å². The van der Waals surface area contributed by atoms with Gasteiger partial charge in [0, 0.05) is 11.4 Å². The van der Waals surface area contributed by atoms with E-state index in [1.165, 1.54) is 6.07 Å². The van der Waals surface area contributed by atoms with Crippen molar-refractivity contribution in [3.8, 4) is 22.7 Å². The number of methoxy groups -OCH3 is 1. The molecule has 1 heterocycles. The first-order valence-electron chi connectivity index (χ1n) is 8.54. The normalized spacial score (nSPS) is 11.4. The minimum atomic E-state index is -4.47. The van der Waals surface area contributed by atoms with Crippen LogP contribution in [0.4, 0.5) is 13.2 Å². The van der Waals surface area contributed by atoms with Crippen LogP contribution in [0.1, 0.15) is 17.7 Å². The lowest BCUT2D eigenvalue weighted by molar-refractivity contribution is -0.138. The van der Waals surface area contributed by atoms with Gasteiger partial charge in [-0.3, -0.25) is 4.79 Å². The van der Waals surface area contributed by atoms with Crippen LogP contribution in [0.25, 0.3) is 16.9 Å². The molecule has 1 N–H and O–H groups in total. The lowest BCUT2D eigenvalue weighted by Crippen LogP contribution is -2.09. The molecule has 0 bridgehead atoms. The molecule has 1 aromatic heterocycles. The number of carboxylic acid groups (broad SMARTS) is 1. The predicted octanol–water partition coefficient (Wildman–Crippen LogP) is 5.19. The highest BCUT2D eigenvalue weighted by Gasteiger charge is 2.30. The van der Waals surface area contributed by atoms with Gasteiger partial charge in [-0.15, -0.1) is 0 Å². The summed E-state index contributed by atoms with van der Waals surface area (Å²) in [6.07, 6.45) is -4.39. The number of nitrogens with zero attached hydrogens (tertiary/aromatic N) is 1. The molecule has 3 aromatic rings. The maximum absolute atomic E-state index is 13.2. The minimum Gasteiger partial charge on any atom is -0.497 e. The average molecular weight is 389 g/mol. The highest BCUT2D eigenvalue weighted by molar-refractivity contribution is 5.68. The van der Waals surface area contributed by atoms with Gasteiger partial charge in [0.25, 0.3) is 0 Å². The summed E-state index contributed by atoms with van der Waals surface area (Å²) in [6, 6.07) is 15.6. The third-order valence-corrected chi connectivity index (χ3v) is 4.37. The molecule has 0 aliphatic heterocycles.